The lowest BCUT2D eigenvalue weighted by Crippen LogP contribution is -2.52. The maximum Gasteiger partial charge on any atom is 0.251 e. The maximum atomic E-state index is 13.4. The second kappa shape index (κ2) is 10.0. The van der Waals surface area contributed by atoms with Crippen LogP contribution in [0.25, 0.3) is 0 Å². The molecule has 0 unspecified atom stereocenters. The molecule has 1 aliphatic heterocycles. The second-order valence-corrected chi connectivity index (χ2v) is 8.94. The molecule has 1 saturated heterocycles. The summed E-state index contributed by atoms with van der Waals surface area (Å²) in [5.41, 5.74) is 0.378. The number of nitrogens with zero attached hydrogens (tertiary/aromatic N) is 2. The van der Waals surface area contributed by atoms with E-state index in [-0.39, 0.29) is 43.5 Å². The van der Waals surface area contributed by atoms with Crippen LogP contribution in [0.1, 0.15) is 17.3 Å². The molecule has 2 aromatic carbocycles. The van der Waals surface area contributed by atoms with Crippen molar-refractivity contribution in [2.75, 3.05) is 39.3 Å². The summed E-state index contributed by atoms with van der Waals surface area (Å²) in [5, 5.41) is 2.55. The minimum atomic E-state index is -4.01. The van der Waals surface area contributed by atoms with Crippen molar-refractivity contribution in [1.29, 1.82) is 0 Å². The van der Waals surface area contributed by atoms with Crippen LogP contribution in [0.5, 0.6) is 5.75 Å². The van der Waals surface area contributed by atoms with Gasteiger partial charge in [0.2, 0.25) is 15.9 Å². The van der Waals surface area contributed by atoms with E-state index >= 15 is 0 Å². The number of carbonyl (C=O) groups excluding carboxylic acids is 2. The average Bonchev–Trinajstić information content (AvgIpc) is 2.79. The molecule has 8 nitrogen and oxygen atoms in total. The fraction of sp³-hybridized carbons (Fsp3) is 0.333. The van der Waals surface area contributed by atoms with Gasteiger partial charge in [0.1, 0.15) is 5.75 Å². The van der Waals surface area contributed by atoms with Gasteiger partial charge in [-0.05, 0) is 49.4 Å². The Labute approximate surface area is 184 Å². The van der Waals surface area contributed by atoms with Crippen LogP contribution in [0.2, 0.25) is 0 Å². The van der Waals surface area contributed by atoms with Crippen molar-refractivity contribution in [2.45, 2.75) is 11.8 Å². The van der Waals surface area contributed by atoms with Gasteiger partial charge in [0, 0.05) is 31.7 Å². The quantitative estimate of drug-likeness (QED) is 0.668. The highest BCUT2D eigenvalue weighted by Gasteiger charge is 2.30. The topological polar surface area (TPSA) is 96.0 Å². The lowest BCUT2D eigenvalue weighted by Gasteiger charge is -2.34. The number of piperazine rings is 1. The Bertz CT molecular complexity index is 1090. The average molecular weight is 467 g/mol. The molecule has 32 heavy (non-hydrogen) atoms. The van der Waals surface area contributed by atoms with E-state index in [0.29, 0.717) is 24.0 Å². The van der Waals surface area contributed by atoms with E-state index < -0.39 is 27.6 Å². The predicted molar refractivity (Wildman–Crippen MR) is 112 cm³/mol. The van der Waals surface area contributed by atoms with Crippen molar-refractivity contribution >= 4 is 21.8 Å². The van der Waals surface area contributed by atoms with Crippen LogP contribution in [0, 0.1) is 11.6 Å². The summed E-state index contributed by atoms with van der Waals surface area (Å²) in [6.07, 6.45) is 0. The first-order valence-corrected chi connectivity index (χ1v) is 11.4. The third-order valence-electron chi connectivity index (χ3n) is 4.95. The first-order chi connectivity index (χ1) is 15.2. The molecule has 0 aromatic heterocycles. The Balaban J connectivity index is 1.51. The van der Waals surface area contributed by atoms with Crippen LogP contribution in [0.15, 0.2) is 47.4 Å². The van der Waals surface area contributed by atoms with Gasteiger partial charge < -0.3 is 15.0 Å². The van der Waals surface area contributed by atoms with Gasteiger partial charge >= 0.3 is 0 Å². The highest BCUT2D eigenvalue weighted by Crippen LogP contribution is 2.20. The number of benzene rings is 2. The lowest BCUT2D eigenvalue weighted by molar-refractivity contribution is -0.131. The Kier molecular flexibility index (Phi) is 7.41. The van der Waals surface area contributed by atoms with Crippen LogP contribution in [-0.4, -0.2) is 68.8 Å². The van der Waals surface area contributed by atoms with Gasteiger partial charge in [-0.3, -0.25) is 9.59 Å². The van der Waals surface area contributed by atoms with E-state index in [9.17, 15) is 26.8 Å². The Morgan fingerprint density at radius 2 is 1.66 bits per heavy atom. The number of hydrogen-bond acceptors (Lipinski definition) is 5. The van der Waals surface area contributed by atoms with Gasteiger partial charge in [-0.15, -0.1) is 0 Å². The van der Waals surface area contributed by atoms with Crippen molar-refractivity contribution in [1.82, 2.24) is 14.5 Å². The van der Waals surface area contributed by atoms with Gasteiger partial charge in [-0.25, -0.2) is 17.2 Å². The largest absolute Gasteiger partial charge is 0.494 e. The summed E-state index contributed by atoms with van der Waals surface area (Å²) in [6, 6.07) is 8.90. The van der Waals surface area contributed by atoms with E-state index in [0.717, 1.165) is 16.4 Å². The summed E-state index contributed by atoms with van der Waals surface area (Å²) in [5.74, 6) is -2.51. The van der Waals surface area contributed by atoms with Crippen LogP contribution >= 0.6 is 0 Å². The fourth-order valence-electron chi connectivity index (χ4n) is 3.20. The summed E-state index contributed by atoms with van der Waals surface area (Å²) >= 11 is 0. The van der Waals surface area contributed by atoms with Crippen molar-refractivity contribution in [3.05, 3.63) is 59.7 Å². The minimum absolute atomic E-state index is 0.0000933. The van der Waals surface area contributed by atoms with Gasteiger partial charge in [-0.2, -0.15) is 4.31 Å². The first kappa shape index (κ1) is 23.6. The summed E-state index contributed by atoms with van der Waals surface area (Å²) in [4.78, 5) is 25.7. The van der Waals surface area contributed by atoms with E-state index in [1.807, 2.05) is 6.92 Å². The lowest BCUT2D eigenvalue weighted by atomic mass is 10.2. The molecule has 0 bridgehead atoms. The van der Waals surface area contributed by atoms with Gasteiger partial charge in [0.25, 0.3) is 5.91 Å². The van der Waals surface area contributed by atoms with Crippen molar-refractivity contribution < 1.29 is 31.5 Å². The molecule has 1 N–H and O–H groups in total. The van der Waals surface area contributed by atoms with Crippen molar-refractivity contribution in [3.63, 3.8) is 0 Å². The third kappa shape index (κ3) is 5.40. The number of amides is 2. The molecule has 11 heteroatoms. The molecule has 2 aromatic rings. The van der Waals surface area contributed by atoms with E-state index in [4.69, 9.17) is 4.74 Å². The summed E-state index contributed by atoms with van der Waals surface area (Å²) in [6.45, 7) is 2.35. The normalized spacial score (nSPS) is 14.8. The summed E-state index contributed by atoms with van der Waals surface area (Å²) in [7, 11) is -4.01. The smallest absolute Gasteiger partial charge is 0.251 e. The van der Waals surface area contributed by atoms with Crippen molar-refractivity contribution in [3.8, 4) is 5.75 Å². The summed E-state index contributed by atoms with van der Waals surface area (Å²) < 4.78 is 58.2. The van der Waals surface area contributed by atoms with Crippen molar-refractivity contribution in [2.24, 2.45) is 0 Å². The number of hydrogen-bond donors (Lipinski definition) is 1. The third-order valence-corrected chi connectivity index (χ3v) is 6.84. The molecule has 172 valence electrons. The molecule has 0 aliphatic carbocycles. The molecule has 0 atom stereocenters. The molecular weight excluding hydrogens is 444 g/mol. The number of sulfonamides is 1. The van der Waals surface area contributed by atoms with Crippen LogP contribution < -0.4 is 10.1 Å². The Morgan fingerprint density at radius 1 is 1.00 bits per heavy atom. The zero-order chi connectivity index (χ0) is 23.3. The first-order valence-electron chi connectivity index (χ1n) is 9.96. The van der Waals surface area contributed by atoms with E-state index in [1.54, 1.807) is 24.3 Å². The number of halogens is 2. The number of nitrogens with one attached hydrogen (secondary N) is 1. The zero-order valence-electron chi connectivity index (χ0n) is 17.4. The second-order valence-electron chi connectivity index (χ2n) is 7.00. The molecule has 0 spiro atoms. The standard InChI is InChI=1S/C21H23F2N3O5S/c1-2-31-16-5-3-15(4-6-16)21(28)24-14-20(27)25-9-11-26(12-10-25)32(29,30)17-7-8-18(22)19(23)13-17/h3-8,13H,2,9-12,14H2,1H3,(H,24,28). The Morgan fingerprint density at radius 3 is 2.25 bits per heavy atom. The van der Waals surface area contributed by atoms with Crippen LogP contribution in [0.4, 0.5) is 8.78 Å². The van der Waals surface area contributed by atoms with E-state index in [1.165, 1.54) is 4.90 Å². The predicted octanol–water partition coefficient (Wildman–Crippen LogP) is 1.63. The van der Waals surface area contributed by atoms with Gasteiger partial charge in [0.05, 0.1) is 18.0 Å². The molecule has 0 saturated carbocycles. The highest BCUT2D eigenvalue weighted by molar-refractivity contribution is 7.89. The monoisotopic (exact) mass is 467 g/mol. The molecule has 1 heterocycles. The number of carbonyl (C=O) groups is 2. The number of rotatable bonds is 7. The molecular formula is C21H23F2N3O5S. The molecule has 2 amide bonds. The van der Waals surface area contributed by atoms with Crippen LogP contribution in [-0.2, 0) is 14.8 Å². The molecule has 3 rings (SSSR count). The SMILES string of the molecule is CCOc1ccc(C(=O)NCC(=O)N2CCN(S(=O)(=O)c3ccc(F)c(F)c3)CC2)cc1. The molecule has 1 aliphatic rings. The maximum absolute atomic E-state index is 13.4. The Hall–Kier alpha value is -3.05. The fourth-order valence-corrected chi connectivity index (χ4v) is 4.64. The van der Waals surface area contributed by atoms with Gasteiger partial charge in [-0.1, -0.05) is 0 Å². The van der Waals surface area contributed by atoms with E-state index in [2.05, 4.69) is 5.32 Å². The van der Waals surface area contributed by atoms with Gasteiger partial charge in [0.15, 0.2) is 11.6 Å². The highest BCUT2D eigenvalue weighted by atomic mass is 32.2. The van der Waals surface area contributed by atoms with Crippen LogP contribution in [0.3, 0.4) is 0 Å². The zero-order valence-corrected chi connectivity index (χ0v) is 18.2. The molecule has 0 radical (unpaired) electrons. The number of ether oxygens (including phenoxy) is 1. The minimum Gasteiger partial charge on any atom is -0.494 e. The molecule has 1 fully saturated rings.